The Morgan fingerprint density at radius 1 is 1.38 bits per heavy atom. The van der Waals surface area contributed by atoms with E-state index in [1.165, 1.54) is 33.5 Å². The number of pyridine rings is 1. The molecule has 21 heavy (non-hydrogen) atoms. The van der Waals surface area contributed by atoms with Crippen LogP contribution in [0.3, 0.4) is 0 Å². The lowest BCUT2D eigenvalue weighted by atomic mass is 10.1. The van der Waals surface area contributed by atoms with Crippen LogP contribution in [0.15, 0.2) is 23.1 Å². The molecular formula is C14H16N2O4S. The molecule has 6 nitrogen and oxygen atoms in total. The van der Waals surface area contributed by atoms with E-state index in [1.807, 2.05) is 0 Å². The number of nitrogens with zero attached hydrogens (tertiary/aromatic N) is 2. The van der Waals surface area contributed by atoms with Crippen LogP contribution in [0.5, 0.6) is 0 Å². The highest BCUT2D eigenvalue weighted by Crippen LogP contribution is 2.45. The van der Waals surface area contributed by atoms with Crippen molar-refractivity contribution in [3.05, 3.63) is 34.2 Å². The zero-order valence-corrected chi connectivity index (χ0v) is 12.4. The third-order valence-electron chi connectivity index (χ3n) is 3.93. The van der Waals surface area contributed by atoms with Crippen LogP contribution in [0.4, 0.5) is 0 Å². The van der Waals surface area contributed by atoms with Gasteiger partial charge in [-0.15, -0.1) is 11.8 Å². The molecule has 0 spiro atoms. The highest BCUT2D eigenvalue weighted by molar-refractivity contribution is 8.00. The normalized spacial score (nSPS) is 25.1. The number of hydrogen-bond acceptors (Lipinski definition) is 4. The van der Waals surface area contributed by atoms with Crippen LogP contribution in [0.1, 0.15) is 23.2 Å². The first-order valence-electron chi connectivity index (χ1n) is 6.83. The number of carbonyl (C=O) groups is 2. The van der Waals surface area contributed by atoms with Gasteiger partial charge in [0.2, 0.25) is 0 Å². The molecule has 0 radical (unpaired) electrons. The van der Waals surface area contributed by atoms with Crippen LogP contribution >= 0.6 is 11.8 Å². The predicted molar refractivity (Wildman–Crippen MR) is 78.2 cm³/mol. The van der Waals surface area contributed by atoms with Crippen molar-refractivity contribution in [3.63, 3.8) is 0 Å². The molecule has 1 aliphatic carbocycles. The van der Waals surface area contributed by atoms with Crippen molar-refractivity contribution < 1.29 is 14.7 Å². The number of hydrogen-bond donors (Lipinski definition) is 1. The molecule has 2 aliphatic rings. The molecule has 1 saturated heterocycles. The minimum atomic E-state index is -0.983. The maximum Gasteiger partial charge on any atom is 0.327 e. The number of aryl methyl sites for hydroxylation is 1. The second-order valence-electron chi connectivity index (χ2n) is 5.49. The van der Waals surface area contributed by atoms with Gasteiger partial charge in [0.05, 0.1) is 5.37 Å². The van der Waals surface area contributed by atoms with Gasteiger partial charge < -0.3 is 14.6 Å². The molecule has 1 amide bonds. The van der Waals surface area contributed by atoms with Crippen molar-refractivity contribution in [2.75, 3.05) is 5.75 Å². The number of carboxylic acid groups (broad SMARTS) is 1. The van der Waals surface area contributed by atoms with E-state index in [-0.39, 0.29) is 22.4 Å². The maximum atomic E-state index is 12.7. The summed E-state index contributed by atoms with van der Waals surface area (Å²) in [7, 11) is 1.61. The van der Waals surface area contributed by atoms with Crippen LogP contribution < -0.4 is 5.56 Å². The Morgan fingerprint density at radius 3 is 2.67 bits per heavy atom. The SMILES string of the molecule is Cn1ccc(C(=O)N2C(C(=O)O)CSC2C2CC2)cc1=O. The Hall–Kier alpha value is -1.76. The number of aliphatic carboxylic acids is 1. The van der Waals surface area contributed by atoms with E-state index in [0.717, 1.165) is 12.8 Å². The first-order chi connectivity index (χ1) is 9.99. The molecule has 1 aromatic heterocycles. The summed E-state index contributed by atoms with van der Waals surface area (Å²) in [6.45, 7) is 0. The van der Waals surface area contributed by atoms with Gasteiger partial charge in [-0.3, -0.25) is 9.59 Å². The second kappa shape index (κ2) is 5.22. The standard InChI is InChI=1S/C14H16N2O4S/c1-15-5-4-9(6-11(15)17)12(18)16-10(14(19)20)7-21-13(16)8-2-3-8/h4-6,8,10,13H,2-3,7H2,1H3,(H,19,20). The number of thioether (sulfide) groups is 1. The molecule has 1 aliphatic heterocycles. The van der Waals surface area contributed by atoms with Gasteiger partial charge >= 0.3 is 5.97 Å². The first-order valence-corrected chi connectivity index (χ1v) is 7.87. The largest absolute Gasteiger partial charge is 0.480 e. The Kier molecular flexibility index (Phi) is 3.52. The van der Waals surface area contributed by atoms with Crippen LogP contribution in [-0.2, 0) is 11.8 Å². The molecule has 2 unspecified atom stereocenters. The minimum absolute atomic E-state index is 0.0809. The van der Waals surface area contributed by atoms with Gasteiger partial charge in [0, 0.05) is 30.6 Å². The van der Waals surface area contributed by atoms with Crippen molar-refractivity contribution in [2.24, 2.45) is 13.0 Å². The number of amides is 1. The Labute approximate surface area is 125 Å². The van der Waals surface area contributed by atoms with Gasteiger partial charge in [0.15, 0.2) is 0 Å². The summed E-state index contributed by atoms with van der Waals surface area (Å²) in [6.07, 6.45) is 3.59. The molecule has 1 aromatic rings. The second-order valence-corrected chi connectivity index (χ2v) is 6.64. The lowest BCUT2D eigenvalue weighted by Gasteiger charge is -2.27. The molecule has 2 heterocycles. The molecule has 112 valence electrons. The number of carboxylic acids is 1. The van der Waals surface area contributed by atoms with Gasteiger partial charge in [0.1, 0.15) is 6.04 Å². The van der Waals surface area contributed by atoms with E-state index in [0.29, 0.717) is 11.7 Å². The zero-order valence-electron chi connectivity index (χ0n) is 11.6. The van der Waals surface area contributed by atoms with E-state index in [4.69, 9.17) is 0 Å². The van der Waals surface area contributed by atoms with Crippen molar-refractivity contribution in [3.8, 4) is 0 Å². The number of carbonyl (C=O) groups excluding carboxylic acids is 1. The quantitative estimate of drug-likeness (QED) is 0.892. The molecule has 7 heteroatoms. The molecule has 1 saturated carbocycles. The fourth-order valence-electron chi connectivity index (χ4n) is 2.55. The zero-order chi connectivity index (χ0) is 15.1. The van der Waals surface area contributed by atoms with E-state index in [2.05, 4.69) is 0 Å². The molecule has 0 bridgehead atoms. The summed E-state index contributed by atoms with van der Waals surface area (Å²) in [6, 6.07) is 2.03. The van der Waals surface area contributed by atoms with Crippen LogP contribution in [0, 0.1) is 5.92 Å². The molecular weight excluding hydrogens is 292 g/mol. The first kappa shape index (κ1) is 14.2. The average molecular weight is 308 g/mol. The average Bonchev–Trinajstić information content (AvgIpc) is 3.19. The topological polar surface area (TPSA) is 79.6 Å². The molecule has 3 rings (SSSR count). The van der Waals surface area contributed by atoms with Gasteiger partial charge in [-0.2, -0.15) is 0 Å². The third-order valence-corrected chi connectivity index (χ3v) is 5.39. The smallest absolute Gasteiger partial charge is 0.327 e. The van der Waals surface area contributed by atoms with Crippen LogP contribution in [0.25, 0.3) is 0 Å². The lowest BCUT2D eigenvalue weighted by molar-refractivity contribution is -0.141. The molecule has 1 N–H and O–H groups in total. The molecule has 0 aromatic carbocycles. The highest BCUT2D eigenvalue weighted by Gasteiger charge is 2.48. The summed E-state index contributed by atoms with van der Waals surface area (Å²) < 4.78 is 1.38. The summed E-state index contributed by atoms with van der Waals surface area (Å²) in [5, 5.41) is 9.24. The van der Waals surface area contributed by atoms with Crippen LogP contribution in [0.2, 0.25) is 0 Å². The molecule has 2 fully saturated rings. The summed E-state index contributed by atoms with van der Waals surface area (Å²) in [5.41, 5.74) is -0.0138. The summed E-state index contributed by atoms with van der Waals surface area (Å²) in [4.78, 5) is 37.2. The number of aromatic nitrogens is 1. The van der Waals surface area contributed by atoms with E-state index in [9.17, 15) is 19.5 Å². The van der Waals surface area contributed by atoms with Crippen molar-refractivity contribution >= 4 is 23.6 Å². The fourth-order valence-corrected chi connectivity index (χ4v) is 4.18. The predicted octanol–water partition coefficient (Wildman–Crippen LogP) is 0.764. The van der Waals surface area contributed by atoms with Gasteiger partial charge in [0.25, 0.3) is 11.5 Å². The highest BCUT2D eigenvalue weighted by atomic mass is 32.2. The summed E-state index contributed by atoms with van der Waals surface area (Å²) in [5.74, 6) is -0.549. The van der Waals surface area contributed by atoms with Gasteiger partial charge in [-0.05, 0) is 24.8 Å². The molecule has 2 atom stereocenters. The Morgan fingerprint density at radius 2 is 2.10 bits per heavy atom. The van der Waals surface area contributed by atoms with E-state index < -0.39 is 12.0 Å². The number of rotatable bonds is 3. The van der Waals surface area contributed by atoms with Crippen LogP contribution in [-0.4, -0.2) is 43.6 Å². The fraction of sp³-hybridized carbons (Fsp3) is 0.500. The van der Waals surface area contributed by atoms with Gasteiger partial charge in [-0.25, -0.2) is 4.79 Å². The lowest BCUT2D eigenvalue weighted by Crippen LogP contribution is -2.46. The minimum Gasteiger partial charge on any atom is -0.480 e. The van der Waals surface area contributed by atoms with Gasteiger partial charge in [-0.1, -0.05) is 0 Å². The third kappa shape index (κ3) is 2.57. The van der Waals surface area contributed by atoms with E-state index >= 15 is 0 Å². The van der Waals surface area contributed by atoms with Crippen molar-refractivity contribution in [1.82, 2.24) is 9.47 Å². The monoisotopic (exact) mass is 308 g/mol. The van der Waals surface area contributed by atoms with E-state index in [1.54, 1.807) is 13.1 Å². The summed E-state index contributed by atoms with van der Waals surface area (Å²) >= 11 is 1.53. The maximum absolute atomic E-state index is 12.7. The van der Waals surface area contributed by atoms with Crippen molar-refractivity contribution in [2.45, 2.75) is 24.3 Å². The Bertz CT molecular complexity index is 653. The van der Waals surface area contributed by atoms with Crippen molar-refractivity contribution in [1.29, 1.82) is 0 Å². The Balaban J connectivity index is 1.93.